The van der Waals surface area contributed by atoms with E-state index in [1.807, 2.05) is 30.5 Å². The van der Waals surface area contributed by atoms with Crippen molar-refractivity contribution in [1.82, 2.24) is 0 Å². The Morgan fingerprint density at radius 1 is 1.14 bits per heavy atom. The van der Waals surface area contributed by atoms with Gasteiger partial charge in [0.2, 0.25) is 0 Å². The van der Waals surface area contributed by atoms with Gasteiger partial charge in [0.25, 0.3) is 0 Å². The number of benzene rings is 2. The van der Waals surface area contributed by atoms with Gasteiger partial charge < -0.3 is 5.32 Å². The predicted molar refractivity (Wildman–Crippen MR) is 87.7 cm³/mol. The monoisotopic (exact) mass is 319 g/mol. The maximum atomic E-state index is 12.1. The van der Waals surface area contributed by atoms with Crippen molar-refractivity contribution in [3.63, 3.8) is 0 Å². The molecule has 0 fully saturated rings. The molecule has 0 spiro atoms. The molecule has 1 unspecified atom stereocenters. The minimum Gasteiger partial charge on any atom is -0.378 e. The standard InChI is InChI=1S/C16H17NO2S2/c1-20-13-6-4-5-12(11-13)17-15-9-10-21(18,19)16-8-3-2-7-14(15)16/h2-8,11,15,17H,9-10H2,1H3. The van der Waals surface area contributed by atoms with E-state index in [1.54, 1.807) is 23.9 Å². The van der Waals surface area contributed by atoms with Gasteiger partial charge in [0.1, 0.15) is 0 Å². The quantitative estimate of drug-likeness (QED) is 0.876. The Morgan fingerprint density at radius 2 is 1.95 bits per heavy atom. The third-order valence-corrected chi connectivity index (χ3v) is 6.26. The van der Waals surface area contributed by atoms with E-state index in [0.29, 0.717) is 11.3 Å². The second kappa shape index (κ2) is 5.73. The molecule has 21 heavy (non-hydrogen) atoms. The highest BCUT2D eigenvalue weighted by Gasteiger charge is 2.29. The van der Waals surface area contributed by atoms with Crippen LogP contribution in [0.5, 0.6) is 0 Å². The predicted octanol–water partition coefficient (Wildman–Crippen LogP) is 3.74. The van der Waals surface area contributed by atoms with Gasteiger partial charge >= 0.3 is 0 Å². The highest BCUT2D eigenvalue weighted by molar-refractivity contribution is 7.98. The van der Waals surface area contributed by atoms with Crippen LogP contribution in [0.3, 0.4) is 0 Å². The number of hydrogen-bond acceptors (Lipinski definition) is 4. The van der Waals surface area contributed by atoms with Crippen LogP contribution in [0.4, 0.5) is 5.69 Å². The fraction of sp³-hybridized carbons (Fsp3) is 0.250. The lowest BCUT2D eigenvalue weighted by Crippen LogP contribution is -2.24. The van der Waals surface area contributed by atoms with E-state index >= 15 is 0 Å². The van der Waals surface area contributed by atoms with Crippen LogP contribution in [0.25, 0.3) is 0 Å². The van der Waals surface area contributed by atoms with E-state index < -0.39 is 9.84 Å². The largest absolute Gasteiger partial charge is 0.378 e. The van der Waals surface area contributed by atoms with Crippen LogP contribution in [0.15, 0.2) is 58.3 Å². The molecule has 1 aliphatic heterocycles. The number of sulfone groups is 1. The minimum absolute atomic E-state index is 0.0434. The lowest BCUT2D eigenvalue weighted by Gasteiger charge is -2.27. The molecular formula is C16H17NO2S2. The molecule has 0 amide bonds. The smallest absolute Gasteiger partial charge is 0.178 e. The van der Waals surface area contributed by atoms with Crippen LogP contribution in [0.1, 0.15) is 18.0 Å². The van der Waals surface area contributed by atoms with Crippen molar-refractivity contribution in [2.75, 3.05) is 17.3 Å². The summed E-state index contributed by atoms with van der Waals surface area (Å²) in [5.41, 5.74) is 1.90. The number of thioether (sulfide) groups is 1. The van der Waals surface area contributed by atoms with Gasteiger partial charge in [-0.3, -0.25) is 0 Å². The highest BCUT2D eigenvalue weighted by atomic mass is 32.2. The van der Waals surface area contributed by atoms with Crippen molar-refractivity contribution in [2.24, 2.45) is 0 Å². The average Bonchev–Trinajstić information content (AvgIpc) is 2.51. The number of anilines is 1. The molecule has 5 heteroatoms. The number of fused-ring (bicyclic) bond motifs is 1. The molecule has 0 bridgehead atoms. The van der Waals surface area contributed by atoms with Crippen molar-refractivity contribution in [3.8, 4) is 0 Å². The molecule has 0 aromatic heterocycles. The van der Waals surface area contributed by atoms with Gasteiger partial charge in [0, 0.05) is 10.6 Å². The molecule has 1 heterocycles. The van der Waals surface area contributed by atoms with Gasteiger partial charge in [0.15, 0.2) is 9.84 Å². The summed E-state index contributed by atoms with van der Waals surface area (Å²) in [6.07, 6.45) is 2.64. The van der Waals surface area contributed by atoms with Crippen molar-refractivity contribution >= 4 is 27.3 Å². The zero-order valence-electron chi connectivity index (χ0n) is 11.7. The van der Waals surface area contributed by atoms with Crippen LogP contribution in [-0.4, -0.2) is 20.4 Å². The van der Waals surface area contributed by atoms with Crippen molar-refractivity contribution in [1.29, 1.82) is 0 Å². The number of rotatable bonds is 3. The Morgan fingerprint density at radius 3 is 2.76 bits per heavy atom. The Bertz CT molecular complexity index is 756. The van der Waals surface area contributed by atoms with Crippen LogP contribution in [-0.2, 0) is 9.84 Å². The number of nitrogens with one attached hydrogen (secondary N) is 1. The van der Waals surface area contributed by atoms with E-state index in [-0.39, 0.29) is 11.8 Å². The maximum absolute atomic E-state index is 12.1. The molecule has 3 rings (SSSR count). The zero-order valence-corrected chi connectivity index (χ0v) is 13.4. The lowest BCUT2D eigenvalue weighted by atomic mass is 10.0. The van der Waals surface area contributed by atoms with E-state index in [1.165, 1.54) is 4.90 Å². The van der Waals surface area contributed by atoms with Gasteiger partial charge in [0.05, 0.1) is 16.7 Å². The highest BCUT2D eigenvalue weighted by Crippen LogP contribution is 2.34. The van der Waals surface area contributed by atoms with Crippen LogP contribution in [0.2, 0.25) is 0 Å². The topological polar surface area (TPSA) is 46.2 Å². The molecule has 3 nitrogen and oxygen atoms in total. The van der Waals surface area contributed by atoms with Crippen LogP contribution < -0.4 is 5.32 Å². The van der Waals surface area contributed by atoms with E-state index in [9.17, 15) is 8.42 Å². The van der Waals surface area contributed by atoms with Gasteiger partial charge in [-0.2, -0.15) is 0 Å². The van der Waals surface area contributed by atoms with Crippen molar-refractivity contribution in [2.45, 2.75) is 22.3 Å². The minimum atomic E-state index is -3.12. The molecule has 110 valence electrons. The SMILES string of the molecule is CSc1cccc(NC2CCS(=O)(=O)c3ccccc32)c1. The van der Waals surface area contributed by atoms with Crippen molar-refractivity contribution in [3.05, 3.63) is 54.1 Å². The van der Waals surface area contributed by atoms with Crippen LogP contribution in [0, 0.1) is 0 Å². The fourth-order valence-electron chi connectivity index (χ4n) is 2.65. The molecule has 0 saturated heterocycles. The van der Waals surface area contributed by atoms with E-state index in [0.717, 1.165) is 11.3 Å². The normalized spacial score (nSPS) is 19.8. The van der Waals surface area contributed by atoms with Gasteiger partial charge in [-0.25, -0.2) is 8.42 Å². The molecule has 1 aliphatic rings. The van der Waals surface area contributed by atoms with E-state index in [2.05, 4.69) is 17.4 Å². The average molecular weight is 319 g/mol. The Labute approximate surface area is 129 Å². The summed E-state index contributed by atoms with van der Waals surface area (Å²) >= 11 is 1.69. The Balaban J connectivity index is 1.93. The summed E-state index contributed by atoms with van der Waals surface area (Å²) < 4.78 is 24.3. The third kappa shape index (κ3) is 2.94. The fourth-order valence-corrected chi connectivity index (χ4v) is 4.73. The number of hydrogen-bond donors (Lipinski definition) is 1. The molecular weight excluding hydrogens is 302 g/mol. The van der Waals surface area contributed by atoms with Crippen molar-refractivity contribution < 1.29 is 8.42 Å². The maximum Gasteiger partial charge on any atom is 0.178 e. The summed E-state index contributed by atoms with van der Waals surface area (Å²) in [4.78, 5) is 1.66. The molecule has 1 atom stereocenters. The van der Waals surface area contributed by atoms with Gasteiger partial charge in [-0.05, 0) is 42.5 Å². The van der Waals surface area contributed by atoms with Crippen LogP contribution >= 0.6 is 11.8 Å². The van der Waals surface area contributed by atoms with Gasteiger partial charge in [-0.1, -0.05) is 24.3 Å². The second-order valence-corrected chi connectivity index (χ2v) is 8.03. The Kier molecular flexibility index (Phi) is 3.95. The van der Waals surface area contributed by atoms with Gasteiger partial charge in [-0.15, -0.1) is 11.8 Å². The molecule has 2 aromatic carbocycles. The molecule has 1 N–H and O–H groups in total. The first-order chi connectivity index (χ1) is 10.1. The first-order valence-corrected chi connectivity index (χ1v) is 9.70. The lowest BCUT2D eigenvalue weighted by molar-refractivity contribution is 0.576. The summed E-state index contributed by atoms with van der Waals surface area (Å²) in [6.45, 7) is 0. The zero-order chi connectivity index (χ0) is 14.9. The first-order valence-electron chi connectivity index (χ1n) is 6.82. The van der Waals surface area contributed by atoms with E-state index in [4.69, 9.17) is 0 Å². The second-order valence-electron chi connectivity index (χ2n) is 5.07. The molecule has 0 aliphatic carbocycles. The third-order valence-electron chi connectivity index (χ3n) is 3.72. The molecule has 0 radical (unpaired) electrons. The first kappa shape index (κ1) is 14.5. The summed E-state index contributed by atoms with van der Waals surface area (Å²) in [7, 11) is -3.12. The summed E-state index contributed by atoms with van der Waals surface area (Å²) in [5.74, 6) is 0.198. The Hall–Kier alpha value is -1.46. The summed E-state index contributed by atoms with van der Waals surface area (Å²) in [6, 6.07) is 15.5. The summed E-state index contributed by atoms with van der Waals surface area (Å²) in [5, 5.41) is 3.47. The molecule has 2 aromatic rings. The molecule has 0 saturated carbocycles.